The normalized spacial score (nSPS) is 14.4. The molecule has 0 N–H and O–H groups in total. The summed E-state index contributed by atoms with van der Waals surface area (Å²) in [6.07, 6.45) is 1.81. The first-order chi connectivity index (χ1) is 13.6. The van der Waals surface area contributed by atoms with Crippen molar-refractivity contribution in [2.75, 3.05) is 31.1 Å². The third kappa shape index (κ3) is 3.63. The molecule has 28 heavy (non-hydrogen) atoms. The Hall–Kier alpha value is -3.15. The van der Waals surface area contributed by atoms with Gasteiger partial charge in [-0.15, -0.1) is 0 Å². The van der Waals surface area contributed by atoms with Crippen LogP contribution in [0, 0.1) is 13.8 Å². The predicted molar refractivity (Wildman–Crippen MR) is 110 cm³/mol. The standard InChI is InChI=1S/C22H25N5O/c1-17-21(18(2)27(24-17)16-19-8-4-3-5-9-19)22(28)26-14-12-25(13-15-26)20-10-6-7-11-23-20/h3-11H,12-16H2,1-2H3. The molecular weight excluding hydrogens is 350 g/mol. The third-order valence-corrected chi connectivity index (χ3v) is 5.31. The summed E-state index contributed by atoms with van der Waals surface area (Å²) in [5.74, 6) is 1.05. The Balaban J connectivity index is 1.47. The summed E-state index contributed by atoms with van der Waals surface area (Å²) >= 11 is 0. The first-order valence-corrected chi connectivity index (χ1v) is 9.66. The molecule has 0 atom stereocenters. The third-order valence-electron chi connectivity index (χ3n) is 5.31. The number of piperazine rings is 1. The van der Waals surface area contributed by atoms with Crippen molar-refractivity contribution in [3.8, 4) is 0 Å². The zero-order valence-corrected chi connectivity index (χ0v) is 16.4. The van der Waals surface area contributed by atoms with Crippen molar-refractivity contribution in [2.45, 2.75) is 20.4 Å². The minimum Gasteiger partial charge on any atom is -0.353 e. The molecule has 1 fully saturated rings. The van der Waals surface area contributed by atoms with Crippen molar-refractivity contribution < 1.29 is 4.79 Å². The average molecular weight is 375 g/mol. The van der Waals surface area contributed by atoms with E-state index in [4.69, 9.17) is 0 Å². The number of aromatic nitrogens is 3. The second kappa shape index (κ2) is 7.84. The maximum atomic E-state index is 13.2. The molecule has 1 aromatic carbocycles. The van der Waals surface area contributed by atoms with E-state index in [9.17, 15) is 4.79 Å². The number of benzene rings is 1. The van der Waals surface area contributed by atoms with E-state index >= 15 is 0 Å². The van der Waals surface area contributed by atoms with Crippen LogP contribution in [0.1, 0.15) is 27.3 Å². The van der Waals surface area contributed by atoms with Crippen molar-refractivity contribution in [3.63, 3.8) is 0 Å². The number of carbonyl (C=O) groups excluding carboxylic acids is 1. The highest BCUT2D eigenvalue weighted by molar-refractivity contribution is 5.96. The number of amides is 1. The van der Waals surface area contributed by atoms with E-state index in [1.54, 1.807) is 6.20 Å². The van der Waals surface area contributed by atoms with E-state index in [-0.39, 0.29) is 5.91 Å². The van der Waals surface area contributed by atoms with Gasteiger partial charge in [0.05, 0.1) is 17.8 Å². The average Bonchev–Trinajstić information content (AvgIpc) is 3.02. The number of hydrogen-bond acceptors (Lipinski definition) is 4. The van der Waals surface area contributed by atoms with Gasteiger partial charge in [-0.2, -0.15) is 5.10 Å². The zero-order valence-electron chi connectivity index (χ0n) is 16.4. The van der Waals surface area contributed by atoms with E-state index < -0.39 is 0 Å². The van der Waals surface area contributed by atoms with E-state index in [2.05, 4.69) is 27.1 Å². The summed E-state index contributed by atoms with van der Waals surface area (Å²) in [4.78, 5) is 21.8. The molecule has 3 heterocycles. The molecule has 0 saturated carbocycles. The molecular formula is C22H25N5O. The van der Waals surface area contributed by atoms with Crippen LogP contribution in [0.3, 0.4) is 0 Å². The van der Waals surface area contributed by atoms with Gasteiger partial charge in [-0.3, -0.25) is 9.48 Å². The van der Waals surface area contributed by atoms with Crippen LogP contribution in [-0.2, 0) is 6.54 Å². The fourth-order valence-electron chi connectivity index (χ4n) is 3.75. The largest absolute Gasteiger partial charge is 0.353 e. The summed E-state index contributed by atoms with van der Waals surface area (Å²) in [7, 11) is 0. The topological polar surface area (TPSA) is 54.3 Å². The second-order valence-electron chi connectivity index (χ2n) is 7.16. The van der Waals surface area contributed by atoms with Gasteiger partial charge in [0, 0.05) is 38.1 Å². The molecule has 144 valence electrons. The molecule has 0 radical (unpaired) electrons. The van der Waals surface area contributed by atoms with Crippen LogP contribution in [-0.4, -0.2) is 51.8 Å². The lowest BCUT2D eigenvalue weighted by Crippen LogP contribution is -2.49. The van der Waals surface area contributed by atoms with Crippen LogP contribution in [0.25, 0.3) is 0 Å². The van der Waals surface area contributed by atoms with Gasteiger partial charge < -0.3 is 9.80 Å². The smallest absolute Gasteiger partial charge is 0.257 e. The van der Waals surface area contributed by atoms with Crippen LogP contribution in [0.2, 0.25) is 0 Å². The molecule has 0 bridgehead atoms. The maximum Gasteiger partial charge on any atom is 0.257 e. The number of hydrogen-bond donors (Lipinski definition) is 0. The molecule has 1 aliphatic rings. The monoisotopic (exact) mass is 375 g/mol. The molecule has 1 aliphatic heterocycles. The highest BCUT2D eigenvalue weighted by Crippen LogP contribution is 2.19. The van der Waals surface area contributed by atoms with Crippen molar-refractivity contribution in [2.24, 2.45) is 0 Å². The molecule has 2 aromatic heterocycles. The van der Waals surface area contributed by atoms with Crippen molar-refractivity contribution in [3.05, 3.63) is 77.2 Å². The van der Waals surface area contributed by atoms with Gasteiger partial charge in [0.2, 0.25) is 0 Å². The summed E-state index contributed by atoms with van der Waals surface area (Å²) in [6, 6.07) is 16.1. The second-order valence-corrected chi connectivity index (χ2v) is 7.16. The predicted octanol–water partition coefficient (Wildman–Crippen LogP) is 2.91. The number of carbonyl (C=O) groups is 1. The molecule has 0 unspecified atom stereocenters. The minimum absolute atomic E-state index is 0.0787. The van der Waals surface area contributed by atoms with Gasteiger partial charge in [-0.25, -0.2) is 4.98 Å². The highest BCUT2D eigenvalue weighted by Gasteiger charge is 2.27. The Labute approximate surface area is 165 Å². The lowest BCUT2D eigenvalue weighted by Gasteiger charge is -2.35. The van der Waals surface area contributed by atoms with Gasteiger partial charge in [0.1, 0.15) is 5.82 Å². The van der Waals surface area contributed by atoms with Crippen LogP contribution < -0.4 is 4.90 Å². The fraction of sp³-hybridized carbons (Fsp3) is 0.318. The number of rotatable bonds is 4. The molecule has 0 aliphatic carbocycles. The quantitative estimate of drug-likeness (QED) is 0.704. The van der Waals surface area contributed by atoms with E-state index in [0.717, 1.165) is 35.9 Å². The fourth-order valence-corrected chi connectivity index (χ4v) is 3.75. The Morgan fingerprint density at radius 2 is 1.68 bits per heavy atom. The molecule has 1 amide bonds. The number of anilines is 1. The van der Waals surface area contributed by atoms with Crippen molar-refractivity contribution in [1.29, 1.82) is 0 Å². The molecule has 0 spiro atoms. The van der Waals surface area contributed by atoms with E-state index in [0.29, 0.717) is 19.6 Å². The number of aryl methyl sites for hydroxylation is 1. The maximum absolute atomic E-state index is 13.2. The van der Waals surface area contributed by atoms with Crippen LogP contribution in [0.15, 0.2) is 54.7 Å². The Kier molecular flexibility index (Phi) is 5.10. The summed E-state index contributed by atoms with van der Waals surface area (Å²) < 4.78 is 1.93. The molecule has 1 saturated heterocycles. The van der Waals surface area contributed by atoms with Gasteiger partial charge in [-0.1, -0.05) is 36.4 Å². The number of pyridine rings is 1. The van der Waals surface area contributed by atoms with Gasteiger partial charge in [0.15, 0.2) is 0 Å². The zero-order chi connectivity index (χ0) is 19.5. The molecule has 6 heteroatoms. The van der Waals surface area contributed by atoms with Gasteiger partial charge in [0.25, 0.3) is 5.91 Å². The summed E-state index contributed by atoms with van der Waals surface area (Å²) in [5.41, 5.74) is 3.64. The first kappa shape index (κ1) is 18.2. The number of nitrogens with zero attached hydrogens (tertiary/aromatic N) is 5. The molecule has 6 nitrogen and oxygen atoms in total. The lowest BCUT2D eigenvalue weighted by atomic mass is 10.1. The van der Waals surface area contributed by atoms with Gasteiger partial charge in [-0.05, 0) is 31.5 Å². The lowest BCUT2D eigenvalue weighted by molar-refractivity contribution is 0.0745. The summed E-state index contributed by atoms with van der Waals surface area (Å²) in [6.45, 7) is 7.55. The Bertz CT molecular complexity index is 944. The van der Waals surface area contributed by atoms with Crippen molar-refractivity contribution >= 4 is 11.7 Å². The van der Waals surface area contributed by atoms with Crippen molar-refractivity contribution in [1.82, 2.24) is 19.7 Å². The first-order valence-electron chi connectivity index (χ1n) is 9.66. The van der Waals surface area contributed by atoms with Gasteiger partial charge >= 0.3 is 0 Å². The van der Waals surface area contributed by atoms with Crippen LogP contribution in [0.5, 0.6) is 0 Å². The SMILES string of the molecule is Cc1nn(Cc2ccccc2)c(C)c1C(=O)N1CCN(c2ccccn2)CC1. The van der Waals surface area contributed by atoms with E-state index in [1.807, 2.05) is 59.8 Å². The van der Waals surface area contributed by atoms with Crippen LogP contribution >= 0.6 is 0 Å². The van der Waals surface area contributed by atoms with E-state index in [1.165, 1.54) is 5.56 Å². The highest BCUT2D eigenvalue weighted by atomic mass is 16.2. The van der Waals surface area contributed by atoms with Crippen LogP contribution in [0.4, 0.5) is 5.82 Å². The Morgan fingerprint density at radius 1 is 0.964 bits per heavy atom. The molecule has 4 rings (SSSR count). The molecule has 3 aromatic rings. The summed E-state index contributed by atoms with van der Waals surface area (Å²) in [5, 5.41) is 4.63. The Morgan fingerprint density at radius 3 is 2.36 bits per heavy atom. The minimum atomic E-state index is 0.0787.